The lowest BCUT2D eigenvalue weighted by Gasteiger charge is -2.18. The molecule has 1 unspecified atom stereocenters. The van der Waals surface area contributed by atoms with Gasteiger partial charge < -0.3 is 16.0 Å². The van der Waals surface area contributed by atoms with E-state index in [0.717, 1.165) is 52.0 Å². The molecule has 30 heavy (non-hydrogen) atoms. The molecule has 1 aromatic heterocycles. The van der Waals surface area contributed by atoms with Gasteiger partial charge in [0.05, 0.1) is 0 Å². The van der Waals surface area contributed by atoms with Crippen LogP contribution < -0.4 is 16.0 Å². The summed E-state index contributed by atoms with van der Waals surface area (Å²) in [6.45, 7) is 1.86. The third-order valence-electron chi connectivity index (χ3n) is 5.96. The highest BCUT2D eigenvalue weighted by atomic mass is 19.1. The predicted molar refractivity (Wildman–Crippen MR) is 117 cm³/mol. The van der Waals surface area contributed by atoms with Crippen LogP contribution in [-0.2, 0) is 6.42 Å². The van der Waals surface area contributed by atoms with Gasteiger partial charge in [0.15, 0.2) is 0 Å². The first-order valence-corrected chi connectivity index (χ1v) is 10.2. The summed E-state index contributed by atoms with van der Waals surface area (Å²) >= 11 is 0. The van der Waals surface area contributed by atoms with Crippen molar-refractivity contribution in [3.8, 4) is 22.3 Å². The van der Waals surface area contributed by atoms with E-state index in [2.05, 4.69) is 15.2 Å². The molecule has 2 aliphatic rings. The molecule has 0 saturated carbocycles. The maximum absolute atomic E-state index is 13.5. The van der Waals surface area contributed by atoms with Crippen molar-refractivity contribution in [1.29, 1.82) is 0 Å². The zero-order valence-electron chi connectivity index (χ0n) is 16.6. The normalized spacial score (nSPS) is 18.2. The van der Waals surface area contributed by atoms with Gasteiger partial charge in [-0.15, -0.1) is 0 Å². The van der Waals surface area contributed by atoms with Crippen molar-refractivity contribution in [2.24, 2.45) is 0 Å². The maximum Gasteiger partial charge on any atom is 0.251 e. The van der Waals surface area contributed by atoms with Crippen molar-refractivity contribution in [1.82, 2.24) is 10.3 Å². The summed E-state index contributed by atoms with van der Waals surface area (Å²) in [5.74, 6) is 0.432. The fraction of sp³-hybridized carbons (Fsp3) is 0.250. The Morgan fingerprint density at radius 2 is 1.83 bits per heavy atom. The number of hydrogen-bond acceptors (Lipinski definition) is 4. The molecule has 0 aliphatic carbocycles. The SMILES string of the molecule is Nc1ncc(-c2ccc(N3CCC(F)C3)cc2)cc1-c1ccc2c(c1)CCNC2=O. The molecule has 2 aromatic carbocycles. The topological polar surface area (TPSA) is 71.2 Å². The molecule has 3 heterocycles. The third kappa shape index (κ3) is 3.38. The first kappa shape index (κ1) is 18.6. The Kier molecular flexibility index (Phi) is 4.62. The number of aromatic nitrogens is 1. The van der Waals surface area contributed by atoms with E-state index >= 15 is 0 Å². The number of nitrogens with one attached hydrogen (secondary N) is 1. The minimum absolute atomic E-state index is 0.0279. The van der Waals surface area contributed by atoms with Crippen LogP contribution >= 0.6 is 0 Å². The predicted octanol–water partition coefficient (Wildman–Crippen LogP) is 3.83. The molecule has 5 nitrogen and oxygen atoms in total. The van der Waals surface area contributed by atoms with Gasteiger partial charge in [-0.3, -0.25) is 4.79 Å². The number of nitrogens with zero attached hydrogens (tertiary/aromatic N) is 2. The van der Waals surface area contributed by atoms with Crippen molar-refractivity contribution >= 4 is 17.4 Å². The summed E-state index contributed by atoms with van der Waals surface area (Å²) in [7, 11) is 0. The van der Waals surface area contributed by atoms with E-state index in [9.17, 15) is 9.18 Å². The standard InChI is InChI=1S/C24H23FN4O/c25-19-8-10-29(14-19)20-4-1-15(2-5-20)18-12-22(23(26)28-13-18)16-3-6-21-17(11-16)7-9-27-24(21)30/h1-6,11-13,19H,7-10,14H2,(H2,26,28)(H,27,30). The summed E-state index contributed by atoms with van der Waals surface area (Å²) in [5, 5.41) is 2.87. The molecule has 2 aliphatic heterocycles. The van der Waals surface area contributed by atoms with Crippen LogP contribution in [0, 0.1) is 0 Å². The second-order valence-corrected chi connectivity index (χ2v) is 7.91. The van der Waals surface area contributed by atoms with E-state index in [1.165, 1.54) is 0 Å². The van der Waals surface area contributed by atoms with Gasteiger partial charge in [-0.25, -0.2) is 9.37 Å². The zero-order chi connectivity index (χ0) is 20.7. The number of pyridine rings is 1. The highest BCUT2D eigenvalue weighted by Crippen LogP contribution is 2.32. The van der Waals surface area contributed by atoms with Crippen molar-refractivity contribution < 1.29 is 9.18 Å². The molecule has 0 radical (unpaired) electrons. The van der Waals surface area contributed by atoms with Gasteiger partial charge in [0, 0.05) is 48.2 Å². The molecule has 1 saturated heterocycles. The van der Waals surface area contributed by atoms with E-state index in [1.807, 2.05) is 48.5 Å². The second-order valence-electron chi connectivity index (χ2n) is 7.91. The smallest absolute Gasteiger partial charge is 0.251 e. The third-order valence-corrected chi connectivity index (χ3v) is 5.96. The van der Waals surface area contributed by atoms with Crippen LogP contribution in [0.1, 0.15) is 22.3 Å². The van der Waals surface area contributed by atoms with E-state index in [0.29, 0.717) is 25.3 Å². The van der Waals surface area contributed by atoms with Gasteiger partial charge in [-0.1, -0.05) is 24.3 Å². The van der Waals surface area contributed by atoms with Crippen LogP contribution in [0.15, 0.2) is 54.7 Å². The first-order valence-electron chi connectivity index (χ1n) is 10.2. The summed E-state index contributed by atoms with van der Waals surface area (Å²) in [4.78, 5) is 18.5. The summed E-state index contributed by atoms with van der Waals surface area (Å²) in [6, 6.07) is 16.0. The van der Waals surface area contributed by atoms with Crippen LogP contribution in [0.4, 0.5) is 15.9 Å². The highest BCUT2D eigenvalue weighted by Gasteiger charge is 2.22. The van der Waals surface area contributed by atoms with Crippen LogP contribution in [-0.4, -0.2) is 36.7 Å². The molecule has 3 N–H and O–H groups in total. The lowest BCUT2D eigenvalue weighted by molar-refractivity contribution is 0.0946. The number of rotatable bonds is 3. The number of fused-ring (bicyclic) bond motifs is 1. The molecule has 152 valence electrons. The van der Waals surface area contributed by atoms with Gasteiger partial charge in [0.1, 0.15) is 12.0 Å². The Balaban J connectivity index is 1.46. The average molecular weight is 402 g/mol. The van der Waals surface area contributed by atoms with Crippen molar-refractivity contribution in [2.45, 2.75) is 19.0 Å². The Labute approximate surface area is 174 Å². The lowest BCUT2D eigenvalue weighted by Crippen LogP contribution is -2.31. The number of hydrogen-bond donors (Lipinski definition) is 2. The summed E-state index contributed by atoms with van der Waals surface area (Å²) in [5.41, 5.74) is 12.8. The van der Waals surface area contributed by atoms with Crippen LogP contribution in [0.3, 0.4) is 0 Å². The Hall–Kier alpha value is -3.41. The largest absolute Gasteiger partial charge is 0.383 e. The number of nitrogens with two attached hydrogens (primary N) is 1. The number of carbonyl (C=O) groups excluding carboxylic acids is 1. The summed E-state index contributed by atoms with van der Waals surface area (Å²) in [6.07, 6.45) is 2.43. The minimum Gasteiger partial charge on any atom is -0.383 e. The average Bonchev–Trinajstić information content (AvgIpc) is 3.20. The molecule has 1 fully saturated rings. The van der Waals surface area contributed by atoms with Crippen molar-refractivity contribution in [3.05, 3.63) is 65.9 Å². The zero-order valence-corrected chi connectivity index (χ0v) is 16.6. The Morgan fingerprint density at radius 3 is 2.60 bits per heavy atom. The van der Waals surface area contributed by atoms with Gasteiger partial charge in [-0.2, -0.15) is 0 Å². The molecule has 0 bridgehead atoms. The molecule has 3 aromatic rings. The van der Waals surface area contributed by atoms with Gasteiger partial charge in [-0.05, 0) is 53.8 Å². The highest BCUT2D eigenvalue weighted by molar-refractivity contribution is 5.97. The first-order chi connectivity index (χ1) is 14.6. The number of benzene rings is 2. The number of amides is 1. The van der Waals surface area contributed by atoms with Crippen molar-refractivity contribution in [2.75, 3.05) is 30.3 Å². The summed E-state index contributed by atoms with van der Waals surface area (Å²) < 4.78 is 13.5. The number of carbonyl (C=O) groups is 1. The molecular weight excluding hydrogens is 379 g/mol. The molecule has 1 amide bonds. The van der Waals surface area contributed by atoms with E-state index in [4.69, 9.17) is 5.73 Å². The lowest BCUT2D eigenvalue weighted by atomic mass is 9.94. The number of alkyl halides is 1. The minimum atomic E-state index is -0.740. The van der Waals surface area contributed by atoms with Crippen LogP contribution in [0.5, 0.6) is 0 Å². The van der Waals surface area contributed by atoms with Gasteiger partial charge >= 0.3 is 0 Å². The monoisotopic (exact) mass is 402 g/mol. The number of anilines is 2. The fourth-order valence-corrected chi connectivity index (χ4v) is 4.28. The molecule has 5 rings (SSSR count). The van der Waals surface area contributed by atoms with Crippen LogP contribution in [0.2, 0.25) is 0 Å². The fourth-order valence-electron chi connectivity index (χ4n) is 4.28. The van der Waals surface area contributed by atoms with Gasteiger partial charge in [0.2, 0.25) is 0 Å². The number of halogens is 1. The Bertz CT molecular complexity index is 1110. The Morgan fingerprint density at radius 1 is 1.03 bits per heavy atom. The molecule has 1 atom stereocenters. The van der Waals surface area contributed by atoms with Gasteiger partial charge in [0.25, 0.3) is 5.91 Å². The van der Waals surface area contributed by atoms with Crippen molar-refractivity contribution in [3.63, 3.8) is 0 Å². The van der Waals surface area contributed by atoms with Crippen LogP contribution in [0.25, 0.3) is 22.3 Å². The molecule has 6 heteroatoms. The molecule has 0 spiro atoms. The quantitative estimate of drug-likeness (QED) is 0.699. The number of nitrogen functional groups attached to an aromatic ring is 1. The second kappa shape index (κ2) is 7.44. The van der Waals surface area contributed by atoms with E-state index in [1.54, 1.807) is 6.20 Å². The van der Waals surface area contributed by atoms with E-state index in [-0.39, 0.29) is 5.91 Å². The maximum atomic E-state index is 13.5. The molecular formula is C24H23FN4O. The van der Waals surface area contributed by atoms with E-state index < -0.39 is 6.17 Å².